The Kier molecular flexibility index (Phi) is 6.84. The quantitative estimate of drug-likeness (QED) is 0.408. The lowest BCUT2D eigenvalue weighted by Gasteiger charge is -2.40. The first-order valence-electron chi connectivity index (χ1n) is 8.39. The van der Waals surface area contributed by atoms with Gasteiger partial charge in [-0.1, -0.05) is 0 Å². The molecule has 1 saturated carbocycles. The number of rotatable bonds is 3. The van der Waals surface area contributed by atoms with Crippen LogP contribution in [0.4, 0.5) is 14.5 Å². The van der Waals surface area contributed by atoms with Crippen molar-refractivity contribution in [2.45, 2.75) is 24.9 Å². The van der Waals surface area contributed by atoms with E-state index in [0.717, 1.165) is 37.4 Å². The second-order valence-corrected chi connectivity index (χ2v) is 6.55. The topological polar surface area (TPSA) is 51.1 Å². The van der Waals surface area contributed by atoms with Gasteiger partial charge in [-0.2, -0.15) is 0 Å². The van der Waals surface area contributed by atoms with Crippen LogP contribution in [0.25, 0.3) is 0 Å². The fourth-order valence-electron chi connectivity index (χ4n) is 3.22. The lowest BCUT2D eigenvalue weighted by molar-refractivity contribution is -0.0283. The highest BCUT2D eigenvalue weighted by Gasteiger charge is 2.34. The summed E-state index contributed by atoms with van der Waals surface area (Å²) in [4.78, 5) is 8.20. The monoisotopic (exact) mass is 466 g/mol. The van der Waals surface area contributed by atoms with Gasteiger partial charge in [0.1, 0.15) is 11.6 Å². The summed E-state index contributed by atoms with van der Waals surface area (Å²) in [6.45, 7) is 3.00. The zero-order valence-corrected chi connectivity index (χ0v) is 16.7. The molecule has 0 atom stereocenters. The Morgan fingerprint density at radius 3 is 2.48 bits per heavy atom. The van der Waals surface area contributed by atoms with Crippen LogP contribution in [0.5, 0.6) is 0 Å². The van der Waals surface area contributed by atoms with Crippen molar-refractivity contribution in [2.24, 2.45) is 4.99 Å². The van der Waals surface area contributed by atoms with E-state index in [4.69, 9.17) is 0 Å². The molecule has 8 heteroatoms. The highest BCUT2D eigenvalue weighted by Crippen LogP contribution is 2.30. The van der Waals surface area contributed by atoms with Gasteiger partial charge in [-0.25, -0.2) is 8.78 Å². The van der Waals surface area contributed by atoms with Crippen LogP contribution in [0.3, 0.4) is 0 Å². The molecule has 1 aliphatic heterocycles. The molecule has 0 aromatic heterocycles. The highest BCUT2D eigenvalue weighted by molar-refractivity contribution is 14.0. The number of benzene rings is 1. The van der Waals surface area contributed by atoms with Crippen molar-refractivity contribution in [1.82, 2.24) is 10.2 Å². The predicted octanol–water partition coefficient (Wildman–Crippen LogP) is 2.20. The largest absolute Gasteiger partial charge is 0.388 e. The third-order valence-corrected chi connectivity index (χ3v) is 4.90. The van der Waals surface area contributed by atoms with Crippen molar-refractivity contribution in [3.63, 3.8) is 0 Å². The number of nitrogens with one attached hydrogen (secondary N) is 1. The highest BCUT2D eigenvalue weighted by atomic mass is 127. The Balaban J connectivity index is 0.00000225. The number of hydrogen-bond acceptors (Lipinski definition) is 3. The van der Waals surface area contributed by atoms with Crippen LogP contribution >= 0.6 is 24.0 Å². The van der Waals surface area contributed by atoms with Crippen molar-refractivity contribution in [3.8, 4) is 0 Å². The van der Waals surface area contributed by atoms with E-state index in [1.54, 1.807) is 7.05 Å². The zero-order valence-electron chi connectivity index (χ0n) is 14.3. The summed E-state index contributed by atoms with van der Waals surface area (Å²) >= 11 is 0. The van der Waals surface area contributed by atoms with Crippen molar-refractivity contribution in [1.29, 1.82) is 0 Å². The number of piperazine rings is 1. The average molecular weight is 466 g/mol. The molecule has 0 amide bonds. The van der Waals surface area contributed by atoms with E-state index in [2.05, 4.69) is 15.2 Å². The summed E-state index contributed by atoms with van der Waals surface area (Å²) in [7, 11) is 1.71. The second-order valence-electron chi connectivity index (χ2n) is 6.55. The normalized spacial score (nSPS) is 19.9. The number of guanidine groups is 1. The predicted molar refractivity (Wildman–Crippen MR) is 106 cm³/mol. The van der Waals surface area contributed by atoms with Crippen LogP contribution in [-0.2, 0) is 0 Å². The molecule has 0 unspecified atom stereocenters. The molecule has 2 aliphatic rings. The van der Waals surface area contributed by atoms with Gasteiger partial charge in [0.05, 0.1) is 11.3 Å². The van der Waals surface area contributed by atoms with E-state index in [9.17, 15) is 13.9 Å². The Hall–Kier alpha value is -1.16. The molecule has 3 rings (SSSR count). The van der Waals surface area contributed by atoms with E-state index in [-0.39, 0.29) is 24.0 Å². The van der Waals surface area contributed by atoms with Crippen molar-refractivity contribution in [3.05, 3.63) is 29.8 Å². The van der Waals surface area contributed by atoms with Gasteiger partial charge >= 0.3 is 0 Å². The molecular weight excluding hydrogens is 441 g/mol. The summed E-state index contributed by atoms with van der Waals surface area (Å²) in [5.74, 6) is -0.0886. The van der Waals surface area contributed by atoms with E-state index < -0.39 is 17.2 Å². The minimum absolute atomic E-state index is 0. The zero-order chi connectivity index (χ0) is 17.2. The fraction of sp³-hybridized carbons (Fsp3) is 0.588. The van der Waals surface area contributed by atoms with Gasteiger partial charge in [-0.3, -0.25) is 4.99 Å². The van der Waals surface area contributed by atoms with E-state index >= 15 is 0 Å². The number of hydrogen-bond donors (Lipinski definition) is 2. The molecule has 1 aromatic carbocycles. The molecular formula is C17H25F2IN4O. The second kappa shape index (κ2) is 8.48. The molecule has 5 nitrogen and oxygen atoms in total. The van der Waals surface area contributed by atoms with Gasteiger partial charge in [0.2, 0.25) is 0 Å². The minimum Gasteiger partial charge on any atom is -0.388 e. The Bertz CT molecular complexity index is 617. The Labute approximate surface area is 164 Å². The maximum absolute atomic E-state index is 13.9. The SMILES string of the molecule is CN=C(NCC1(O)CCC1)N1CCN(c2cc(F)ccc2F)CC1.I. The van der Waals surface area contributed by atoms with Crippen LogP contribution in [0.15, 0.2) is 23.2 Å². The summed E-state index contributed by atoms with van der Waals surface area (Å²) in [6.07, 6.45) is 2.71. The van der Waals surface area contributed by atoms with Crippen LogP contribution in [0, 0.1) is 11.6 Å². The first kappa shape index (κ1) is 20.2. The third-order valence-electron chi connectivity index (χ3n) is 4.90. The Morgan fingerprint density at radius 2 is 1.92 bits per heavy atom. The first-order valence-corrected chi connectivity index (χ1v) is 8.39. The maximum Gasteiger partial charge on any atom is 0.193 e. The van der Waals surface area contributed by atoms with Crippen LogP contribution in [0.1, 0.15) is 19.3 Å². The van der Waals surface area contributed by atoms with Crippen LogP contribution < -0.4 is 10.2 Å². The fourth-order valence-corrected chi connectivity index (χ4v) is 3.22. The van der Waals surface area contributed by atoms with Gasteiger partial charge in [-0.15, -0.1) is 24.0 Å². The standard InChI is InChI=1S/C17H24F2N4O.HI/c1-20-16(21-12-17(24)5-2-6-17)23-9-7-22(8-10-23)15-11-13(18)3-4-14(15)19;/h3-4,11,24H,2,5-10,12H2,1H3,(H,20,21);1H. The van der Waals surface area contributed by atoms with Gasteiger partial charge in [0.25, 0.3) is 0 Å². The van der Waals surface area contributed by atoms with Crippen LogP contribution in [0.2, 0.25) is 0 Å². The number of halogens is 3. The minimum atomic E-state index is -0.609. The molecule has 1 heterocycles. The molecule has 140 valence electrons. The summed E-state index contributed by atoms with van der Waals surface area (Å²) < 4.78 is 27.2. The third kappa shape index (κ3) is 4.72. The van der Waals surface area contributed by atoms with Crippen molar-refractivity contribution >= 4 is 35.6 Å². The molecule has 0 radical (unpaired) electrons. The summed E-state index contributed by atoms with van der Waals surface area (Å²) in [5, 5.41) is 13.4. The van der Waals surface area contributed by atoms with Gasteiger partial charge in [0, 0.05) is 45.8 Å². The molecule has 25 heavy (non-hydrogen) atoms. The van der Waals surface area contributed by atoms with Crippen molar-refractivity contribution < 1.29 is 13.9 Å². The van der Waals surface area contributed by atoms with Gasteiger partial charge < -0.3 is 20.2 Å². The Morgan fingerprint density at radius 1 is 1.24 bits per heavy atom. The number of nitrogens with zero attached hydrogens (tertiary/aromatic N) is 3. The molecule has 2 N–H and O–H groups in total. The number of anilines is 1. The van der Waals surface area contributed by atoms with Crippen LogP contribution in [-0.4, -0.2) is 61.3 Å². The summed E-state index contributed by atoms with van der Waals surface area (Å²) in [5.41, 5.74) is -0.302. The molecule has 1 aliphatic carbocycles. The first-order chi connectivity index (χ1) is 11.5. The number of aliphatic imine (C=N–C) groups is 1. The average Bonchev–Trinajstić information content (AvgIpc) is 2.56. The molecule has 2 fully saturated rings. The van der Waals surface area contributed by atoms with Gasteiger partial charge in [0.15, 0.2) is 5.96 Å². The smallest absolute Gasteiger partial charge is 0.193 e. The van der Waals surface area contributed by atoms with E-state index in [1.165, 1.54) is 6.07 Å². The number of aliphatic hydroxyl groups is 1. The molecule has 1 aromatic rings. The van der Waals surface area contributed by atoms with Crippen molar-refractivity contribution in [2.75, 3.05) is 44.7 Å². The lowest BCUT2D eigenvalue weighted by atomic mass is 9.80. The summed E-state index contributed by atoms with van der Waals surface area (Å²) in [6, 6.07) is 3.53. The van der Waals surface area contributed by atoms with Gasteiger partial charge in [-0.05, 0) is 31.4 Å². The molecule has 1 saturated heterocycles. The lowest BCUT2D eigenvalue weighted by Crippen LogP contribution is -2.56. The molecule has 0 spiro atoms. The molecule has 0 bridgehead atoms. The van der Waals surface area contributed by atoms with E-state index in [1.807, 2.05) is 4.90 Å². The van der Waals surface area contributed by atoms with E-state index in [0.29, 0.717) is 38.4 Å². The maximum atomic E-state index is 13.9.